The molecule has 1 heterocycles. The van der Waals surface area contributed by atoms with Crippen LogP contribution in [0.4, 0.5) is 0 Å². The summed E-state index contributed by atoms with van der Waals surface area (Å²) in [5, 5.41) is 0. The minimum absolute atomic E-state index is 0.0490. The first-order chi connectivity index (χ1) is 14.1. The lowest BCUT2D eigenvalue weighted by Gasteiger charge is -2.19. The van der Waals surface area contributed by atoms with Gasteiger partial charge in [0, 0.05) is 5.70 Å². The van der Waals surface area contributed by atoms with Crippen molar-refractivity contribution < 1.29 is 14.3 Å². The third-order valence-corrected chi connectivity index (χ3v) is 5.45. The average molecular weight is 404 g/mol. The first-order valence-corrected chi connectivity index (χ1v) is 10.1. The third kappa shape index (κ3) is 4.38. The van der Waals surface area contributed by atoms with Crippen molar-refractivity contribution in [3.8, 4) is 0 Å². The summed E-state index contributed by atoms with van der Waals surface area (Å²) in [6.07, 6.45) is 1.78. The van der Waals surface area contributed by atoms with E-state index in [-0.39, 0.29) is 11.3 Å². The fourth-order valence-electron chi connectivity index (χ4n) is 3.54. The number of nitrogens with zero attached hydrogens (tertiary/aromatic N) is 1. The molecule has 0 N–H and O–H groups in total. The molecule has 0 unspecified atom stereocenters. The Morgan fingerprint density at radius 3 is 2.13 bits per heavy atom. The van der Waals surface area contributed by atoms with E-state index in [9.17, 15) is 9.59 Å². The number of hydrogen-bond acceptors (Lipinski definition) is 3. The second-order valence-corrected chi connectivity index (χ2v) is 8.76. The highest BCUT2D eigenvalue weighted by atomic mass is 16.5. The van der Waals surface area contributed by atoms with Gasteiger partial charge in [0.1, 0.15) is 0 Å². The normalized spacial score (nSPS) is 15.9. The van der Waals surface area contributed by atoms with Crippen molar-refractivity contribution in [1.29, 1.82) is 0 Å². The van der Waals surface area contributed by atoms with Crippen molar-refractivity contribution in [1.82, 2.24) is 4.90 Å². The molecular weight excluding hydrogens is 374 g/mol. The summed E-state index contributed by atoms with van der Waals surface area (Å²) >= 11 is 0. The Labute approximate surface area is 178 Å². The molecule has 4 heteroatoms. The summed E-state index contributed by atoms with van der Waals surface area (Å²) in [6.45, 7) is 10.7. The largest absolute Gasteiger partial charge is 0.465 e. The Hall–Kier alpha value is -3.14. The summed E-state index contributed by atoms with van der Waals surface area (Å²) in [5.74, 6) is -0.682. The molecule has 0 aliphatic carbocycles. The molecule has 2 aromatic carbocycles. The number of carbonyl (C=O) groups excluding carboxylic acids is 2. The van der Waals surface area contributed by atoms with E-state index in [4.69, 9.17) is 4.74 Å². The van der Waals surface area contributed by atoms with Crippen LogP contribution in [0.15, 0.2) is 65.4 Å². The van der Waals surface area contributed by atoms with Crippen molar-refractivity contribution in [3.63, 3.8) is 0 Å². The number of hydrogen-bond donors (Lipinski definition) is 0. The third-order valence-electron chi connectivity index (χ3n) is 5.45. The quantitative estimate of drug-likeness (QED) is 0.523. The molecule has 0 fully saturated rings. The van der Waals surface area contributed by atoms with E-state index in [0.29, 0.717) is 23.4 Å². The molecule has 0 bridgehead atoms. The predicted molar refractivity (Wildman–Crippen MR) is 120 cm³/mol. The molecule has 0 spiro atoms. The Morgan fingerprint density at radius 1 is 1.00 bits per heavy atom. The van der Waals surface area contributed by atoms with Crippen LogP contribution in [0.3, 0.4) is 0 Å². The lowest BCUT2D eigenvalue weighted by atomic mass is 9.86. The Morgan fingerprint density at radius 2 is 1.60 bits per heavy atom. The predicted octanol–water partition coefficient (Wildman–Crippen LogP) is 5.17. The lowest BCUT2D eigenvalue weighted by molar-refractivity contribution is -0.136. The van der Waals surface area contributed by atoms with Crippen LogP contribution in [-0.4, -0.2) is 23.9 Å². The molecule has 0 radical (unpaired) electrons. The van der Waals surface area contributed by atoms with Crippen LogP contribution in [0.5, 0.6) is 0 Å². The molecule has 0 aromatic heterocycles. The zero-order chi connectivity index (χ0) is 22.1. The Bertz CT molecular complexity index is 1020. The first-order valence-electron chi connectivity index (χ1n) is 10.1. The Kier molecular flexibility index (Phi) is 5.97. The molecule has 1 aliphatic heterocycles. The second-order valence-electron chi connectivity index (χ2n) is 8.76. The van der Waals surface area contributed by atoms with Crippen LogP contribution in [0, 0.1) is 6.92 Å². The number of aryl methyl sites for hydroxylation is 1. The zero-order valence-electron chi connectivity index (χ0n) is 18.6. The number of esters is 1. The highest BCUT2D eigenvalue weighted by Gasteiger charge is 2.36. The van der Waals surface area contributed by atoms with Crippen molar-refractivity contribution in [2.45, 2.75) is 46.6 Å². The number of benzene rings is 2. The van der Waals surface area contributed by atoms with Gasteiger partial charge in [-0.15, -0.1) is 0 Å². The minimum Gasteiger partial charge on any atom is -0.465 e. The summed E-state index contributed by atoms with van der Waals surface area (Å²) in [7, 11) is 1.34. The van der Waals surface area contributed by atoms with E-state index < -0.39 is 5.97 Å². The number of allylic oxidation sites excluding steroid dienone is 1. The molecule has 0 saturated carbocycles. The number of amides is 1. The average Bonchev–Trinajstić information content (AvgIpc) is 2.93. The van der Waals surface area contributed by atoms with E-state index in [2.05, 4.69) is 32.9 Å². The van der Waals surface area contributed by atoms with Gasteiger partial charge in [-0.1, -0.05) is 74.9 Å². The number of methoxy groups -OCH3 is 1. The fraction of sp³-hybridized carbons (Fsp3) is 0.308. The van der Waals surface area contributed by atoms with Crippen LogP contribution in [-0.2, 0) is 26.3 Å². The molecule has 30 heavy (non-hydrogen) atoms. The van der Waals surface area contributed by atoms with Crippen molar-refractivity contribution in [2.75, 3.05) is 7.11 Å². The summed E-state index contributed by atoms with van der Waals surface area (Å²) < 4.78 is 4.98. The van der Waals surface area contributed by atoms with Gasteiger partial charge in [-0.05, 0) is 42.0 Å². The number of ether oxygens (including phenoxy) is 1. The molecule has 3 rings (SSSR count). The first kappa shape index (κ1) is 21.6. The monoisotopic (exact) mass is 403 g/mol. The van der Waals surface area contributed by atoms with Gasteiger partial charge in [-0.3, -0.25) is 4.79 Å². The van der Waals surface area contributed by atoms with Crippen molar-refractivity contribution in [3.05, 3.63) is 87.6 Å². The summed E-state index contributed by atoms with van der Waals surface area (Å²) in [5.41, 5.74) is 5.62. The molecule has 4 nitrogen and oxygen atoms in total. The molecule has 1 aliphatic rings. The van der Waals surface area contributed by atoms with Gasteiger partial charge in [0.05, 0.1) is 24.8 Å². The molecule has 0 saturated heterocycles. The maximum Gasteiger partial charge on any atom is 0.340 e. The zero-order valence-corrected chi connectivity index (χ0v) is 18.6. The summed E-state index contributed by atoms with van der Waals surface area (Å²) in [6, 6.07) is 16.1. The summed E-state index contributed by atoms with van der Waals surface area (Å²) in [4.78, 5) is 27.4. The van der Waals surface area contributed by atoms with E-state index in [1.807, 2.05) is 43.3 Å². The highest BCUT2D eigenvalue weighted by Crippen LogP contribution is 2.33. The van der Waals surface area contributed by atoms with Gasteiger partial charge >= 0.3 is 5.97 Å². The van der Waals surface area contributed by atoms with E-state index in [1.54, 1.807) is 17.9 Å². The van der Waals surface area contributed by atoms with Gasteiger partial charge in [0.2, 0.25) is 0 Å². The van der Waals surface area contributed by atoms with Crippen LogP contribution in [0.25, 0.3) is 6.08 Å². The number of carbonyl (C=O) groups is 2. The topological polar surface area (TPSA) is 46.6 Å². The smallest absolute Gasteiger partial charge is 0.340 e. The van der Waals surface area contributed by atoms with E-state index in [1.165, 1.54) is 12.7 Å². The van der Waals surface area contributed by atoms with Gasteiger partial charge in [0.15, 0.2) is 0 Å². The maximum atomic E-state index is 13.3. The molecular formula is C26H29NO3. The standard InChI is InChI=1S/C26H29NO3/c1-17-7-9-20(10-8-17)16-27-18(2)23(25(29)30-6)22(24(27)28)15-19-11-13-21(14-12-19)26(3,4)5/h7-15H,16H2,1-6H3/b22-15-. The Balaban J connectivity index is 1.98. The maximum absolute atomic E-state index is 13.3. The van der Waals surface area contributed by atoms with Gasteiger partial charge in [-0.25, -0.2) is 4.79 Å². The van der Waals surface area contributed by atoms with Gasteiger partial charge in [-0.2, -0.15) is 0 Å². The van der Waals surface area contributed by atoms with E-state index >= 15 is 0 Å². The highest BCUT2D eigenvalue weighted by molar-refractivity contribution is 6.16. The van der Waals surface area contributed by atoms with Crippen LogP contribution in [0.1, 0.15) is 49.9 Å². The number of rotatable bonds is 4. The van der Waals surface area contributed by atoms with Crippen molar-refractivity contribution >= 4 is 18.0 Å². The fourth-order valence-corrected chi connectivity index (χ4v) is 3.54. The van der Waals surface area contributed by atoms with Gasteiger partial charge < -0.3 is 9.64 Å². The van der Waals surface area contributed by atoms with Crippen LogP contribution >= 0.6 is 0 Å². The minimum atomic E-state index is -0.496. The van der Waals surface area contributed by atoms with Crippen molar-refractivity contribution in [2.24, 2.45) is 0 Å². The molecule has 156 valence electrons. The molecule has 0 atom stereocenters. The van der Waals surface area contributed by atoms with E-state index in [0.717, 1.165) is 16.7 Å². The molecule has 2 aromatic rings. The van der Waals surface area contributed by atoms with Crippen LogP contribution in [0.2, 0.25) is 0 Å². The lowest BCUT2D eigenvalue weighted by Crippen LogP contribution is -2.24. The SMILES string of the molecule is COC(=O)C1=C(C)N(Cc2ccc(C)cc2)C(=O)/C1=C\c1ccc(C(C)(C)C)cc1. The molecule has 1 amide bonds. The second kappa shape index (κ2) is 8.31. The van der Waals surface area contributed by atoms with Crippen LogP contribution < -0.4 is 0 Å². The van der Waals surface area contributed by atoms with Gasteiger partial charge in [0.25, 0.3) is 5.91 Å².